The number of nitrogens with zero attached hydrogens (tertiary/aromatic N) is 1. The number of hydrogen-bond donors (Lipinski definition) is 4. The first-order valence-corrected chi connectivity index (χ1v) is 10.5. The normalized spacial score (nSPS) is 12.1. The van der Waals surface area contributed by atoms with Crippen LogP contribution in [0.3, 0.4) is 0 Å². The highest BCUT2D eigenvalue weighted by molar-refractivity contribution is 7.70. The molecule has 0 atom stereocenters. The monoisotopic (exact) mass is 434 g/mol. The summed E-state index contributed by atoms with van der Waals surface area (Å²) in [5.41, 5.74) is 5.22. The quantitative estimate of drug-likeness (QED) is 0.458. The fourth-order valence-electron chi connectivity index (χ4n) is 3.39. The molecule has 0 radical (unpaired) electrons. The molecule has 1 aliphatic rings. The van der Waals surface area contributed by atoms with Crippen molar-refractivity contribution in [1.29, 1.82) is 5.26 Å². The van der Waals surface area contributed by atoms with Crippen LogP contribution in [0.4, 0.5) is 17.1 Å². The molecule has 1 aliphatic heterocycles. The van der Waals surface area contributed by atoms with E-state index in [4.69, 9.17) is 4.74 Å². The van der Waals surface area contributed by atoms with Gasteiger partial charge < -0.3 is 15.4 Å². The maximum Gasteiger partial charge on any atom is 0.257 e. The molecule has 0 aromatic heterocycles. The van der Waals surface area contributed by atoms with Crippen LogP contribution in [-0.4, -0.2) is 21.4 Å². The van der Waals surface area contributed by atoms with Crippen LogP contribution in [0.25, 0.3) is 11.1 Å². The second-order valence-corrected chi connectivity index (χ2v) is 7.67. The molecule has 0 saturated carbocycles. The molecule has 156 valence electrons. The minimum Gasteiger partial charge on any atom is -0.495 e. The van der Waals surface area contributed by atoms with E-state index in [-0.39, 0.29) is 12.5 Å². The van der Waals surface area contributed by atoms with E-state index in [0.29, 0.717) is 33.9 Å². The summed E-state index contributed by atoms with van der Waals surface area (Å²) in [6.45, 7) is 0.138. The van der Waals surface area contributed by atoms with Gasteiger partial charge in [0.25, 0.3) is 5.91 Å². The van der Waals surface area contributed by atoms with Gasteiger partial charge in [-0.2, -0.15) is 5.26 Å². The van der Waals surface area contributed by atoms with Gasteiger partial charge >= 0.3 is 0 Å². The molecule has 1 heterocycles. The van der Waals surface area contributed by atoms with E-state index in [1.54, 1.807) is 36.4 Å². The first kappa shape index (κ1) is 20.4. The maximum atomic E-state index is 12.8. The Bertz CT molecular complexity index is 1300. The van der Waals surface area contributed by atoms with E-state index in [1.165, 1.54) is 7.11 Å². The lowest BCUT2D eigenvalue weighted by Crippen LogP contribution is -2.12. The molecule has 0 saturated heterocycles. The van der Waals surface area contributed by atoms with Crippen molar-refractivity contribution in [3.8, 4) is 22.9 Å². The fourth-order valence-corrected chi connectivity index (χ4v) is 3.70. The van der Waals surface area contributed by atoms with E-state index < -0.39 is 10.9 Å². The summed E-state index contributed by atoms with van der Waals surface area (Å²) in [7, 11) is -1.19. The lowest BCUT2D eigenvalue weighted by molar-refractivity contribution is 0.102. The Morgan fingerprint density at radius 2 is 1.74 bits per heavy atom. The van der Waals surface area contributed by atoms with Crippen LogP contribution >= 0.6 is 0 Å². The first-order chi connectivity index (χ1) is 15.0. The van der Waals surface area contributed by atoms with Gasteiger partial charge in [-0.1, -0.05) is 18.2 Å². The Labute approximate surface area is 180 Å². The predicted molar refractivity (Wildman–Crippen MR) is 118 cm³/mol. The Morgan fingerprint density at radius 1 is 0.968 bits per heavy atom. The topological polar surface area (TPSA) is 120 Å². The van der Waals surface area contributed by atoms with E-state index in [9.17, 15) is 18.5 Å². The molecule has 1 amide bonds. The number of ether oxygens (including phenoxy) is 1. The Morgan fingerprint density at radius 3 is 2.48 bits per heavy atom. The number of fused-ring (bicyclic) bond motifs is 2. The predicted octanol–water partition coefficient (Wildman–Crippen LogP) is 3.16. The van der Waals surface area contributed by atoms with Crippen LogP contribution in [0.1, 0.15) is 21.5 Å². The Balaban J connectivity index is 1.70. The fraction of sp³-hybridized carbons (Fsp3) is 0.0909. The number of amides is 1. The number of rotatable bonds is 5. The molecule has 0 bridgehead atoms. The molecule has 8 nitrogen and oxygen atoms in total. The summed E-state index contributed by atoms with van der Waals surface area (Å²) < 4.78 is 29.2. The van der Waals surface area contributed by atoms with Gasteiger partial charge in [0.05, 0.1) is 35.3 Å². The van der Waals surface area contributed by atoms with Crippen LogP contribution in [-0.2, 0) is 17.4 Å². The molecule has 3 N–H and O–H groups in total. The largest absolute Gasteiger partial charge is 0.495 e. The molecule has 0 spiro atoms. The van der Waals surface area contributed by atoms with Crippen molar-refractivity contribution in [1.82, 2.24) is 4.72 Å². The molecular weight excluding hydrogens is 416 g/mol. The van der Waals surface area contributed by atoms with Crippen LogP contribution in [0.5, 0.6) is 5.75 Å². The molecule has 0 unspecified atom stereocenters. The lowest BCUT2D eigenvalue weighted by atomic mass is 10.0. The molecule has 9 heteroatoms. The summed E-state index contributed by atoms with van der Waals surface area (Å²) in [6.07, 6.45) is 0. The van der Waals surface area contributed by atoms with E-state index in [2.05, 4.69) is 21.4 Å². The zero-order valence-corrected chi connectivity index (χ0v) is 17.3. The van der Waals surface area contributed by atoms with Crippen molar-refractivity contribution < 1.29 is 17.9 Å². The van der Waals surface area contributed by atoms with Crippen molar-refractivity contribution in [3.63, 3.8) is 0 Å². The molecule has 0 aliphatic carbocycles. The molecule has 0 fully saturated rings. The van der Waals surface area contributed by atoms with E-state index >= 15 is 0 Å². The van der Waals surface area contributed by atoms with Crippen LogP contribution < -0.4 is 20.1 Å². The van der Waals surface area contributed by atoms with Gasteiger partial charge in [-0.25, -0.2) is 13.1 Å². The van der Waals surface area contributed by atoms with Crippen molar-refractivity contribution in [2.24, 2.45) is 0 Å². The van der Waals surface area contributed by atoms with Gasteiger partial charge in [0.2, 0.25) is 10.9 Å². The number of benzene rings is 3. The average molecular weight is 434 g/mol. The molecule has 3 aromatic carbocycles. The number of thiol groups is 1. The van der Waals surface area contributed by atoms with Crippen LogP contribution in [0.15, 0.2) is 54.6 Å². The van der Waals surface area contributed by atoms with Crippen molar-refractivity contribution >= 4 is 33.9 Å². The number of carbonyl (C=O) groups excluding carboxylic acids is 1. The van der Waals surface area contributed by atoms with Crippen molar-refractivity contribution in [2.45, 2.75) is 6.54 Å². The second-order valence-electron chi connectivity index (χ2n) is 6.84. The Hall–Kier alpha value is -3.87. The third kappa shape index (κ3) is 4.21. The highest BCUT2D eigenvalue weighted by atomic mass is 32.2. The minimum atomic E-state index is -2.70. The third-order valence-corrected chi connectivity index (χ3v) is 5.35. The molecule has 31 heavy (non-hydrogen) atoms. The van der Waals surface area contributed by atoms with Gasteiger partial charge in [0.1, 0.15) is 11.8 Å². The summed E-state index contributed by atoms with van der Waals surface area (Å²) >= 11 is 0. The Kier molecular flexibility index (Phi) is 5.58. The smallest absolute Gasteiger partial charge is 0.257 e. The van der Waals surface area contributed by atoms with E-state index in [0.717, 1.165) is 16.7 Å². The van der Waals surface area contributed by atoms with Crippen LogP contribution in [0.2, 0.25) is 0 Å². The van der Waals surface area contributed by atoms with Gasteiger partial charge in [0.15, 0.2) is 0 Å². The number of hydrogen-bond acceptors (Lipinski definition) is 6. The number of anilines is 3. The summed E-state index contributed by atoms with van der Waals surface area (Å²) in [5.74, 6) is 0.206. The first-order valence-electron chi connectivity index (χ1n) is 9.30. The number of carbonyl (C=O) groups is 1. The van der Waals surface area contributed by atoms with Gasteiger partial charge in [0, 0.05) is 6.54 Å². The maximum absolute atomic E-state index is 12.8. The zero-order valence-electron chi connectivity index (χ0n) is 16.4. The molecular formula is C22H18N4O4S. The molecule has 4 rings (SSSR count). The number of nitrogens with one attached hydrogen (secondary N) is 3. The standard InChI is InChI=1S/C22H18N4O4S/c1-30-21-10-15(3-4-16(21)11-23)14-5-6-17-19(9-14)25-18-7-2-13(12-24-31(28)29)8-20(18)26-22(17)27/h2-10,25,31H,12H2,1H3,(H,26,27)(H,24,28,29). The summed E-state index contributed by atoms with van der Waals surface area (Å²) in [4.78, 5) is 12.8. The van der Waals surface area contributed by atoms with Crippen LogP contribution in [0, 0.1) is 11.3 Å². The summed E-state index contributed by atoms with van der Waals surface area (Å²) in [6, 6.07) is 18.1. The average Bonchev–Trinajstić information content (AvgIpc) is 2.91. The lowest BCUT2D eigenvalue weighted by Gasteiger charge is -2.12. The van der Waals surface area contributed by atoms with E-state index in [1.807, 2.05) is 18.2 Å². The molecule has 3 aromatic rings. The highest BCUT2D eigenvalue weighted by Crippen LogP contribution is 2.36. The SMILES string of the molecule is COc1cc(-c2ccc3c(c2)Nc2ccc(CN[SH](=O)=O)cc2NC3=O)ccc1C#N. The van der Waals surface area contributed by atoms with Crippen molar-refractivity contribution in [3.05, 3.63) is 71.3 Å². The number of methoxy groups -OCH3 is 1. The van der Waals surface area contributed by atoms with Gasteiger partial charge in [-0.05, 0) is 53.1 Å². The summed E-state index contributed by atoms with van der Waals surface area (Å²) in [5, 5.41) is 15.3. The highest BCUT2D eigenvalue weighted by Gasteiger charge is 2.20. The minimum absolute atomic E-state index is 0.138. The van der Waals surface area contributed by atoms with Gasteiger partial charge in [-0.15, -0.1) is 0 Å². The number of nitriles is 1. The van der Waals surface area contributed by atoms with Crippen molar-refractivity contribution in [2.75, 3.05) is 17.7 Å². The third-order valence-electron chi connectivity index (χ3n) is 4.93. The zero-order chi connectivity index (χ0) is 22.0. The van der Waals surface area contributed by atoms with Gasteiger partial charge in [-0.3, -0.25) is 4.79 Å². The second kappa shape index (κ2) is 8.47.